The predicted octanol–water partition coefficient (Wildman–Crippen LogP) is 0.683. The molecule has 2 rings (SSSR count). The number of nitrogens with zero attached hydrogens (tertiary/aromatic N) is 1. The number of carbonyl (C=O) groups excluding carboxylic acids is 1. The molecule has 4 unspecified atom stereocenters. The summed E-state index contributed by atoms with van der Waals surface area (Å²) in [7, 11) is 0. The summed E-state index contributed by atoms with van der Waals surface area (Å²) in [5, 5.41) is 8.87. The van der Waals surface area contributed by atoms with Crippen LogP contribution in [-0.2, 0) is 9.59 Å². The summed E-state index contributed by atoms with van der Waals surface area (Å²) in [6.07, 6.45) is 4.02. The molecule has 2 fully saturated rings. The molecule has 2 aliphatic rings. The topological polar surface area (TPSA) is 83.6 Å². The minimum Gasteiger partial charge on any atom is -0.480 e. The monoisotopic (exact) mass is 254 g/mol. The van der Waals surface area contributed by atoms with Crippen molar-refractivity contribution in [1.82, 2.24) is 4.90 Å². The van der Waals surface area contributed by atoms with E-state index in [0.717, 1.165) is 25.7 Å². The van der Waals surface area contributed by atoms with E-state index in [4.69, 9.17) is 10.8 Å². The van der Waals surface area contributed by atoms with E-state index in [0.29, 0.717) is 18.4 Å². The minimum atomic E-state index is -0.950. The number of hydrogen-bond acceptors (Lipinski definition) is 3. The maximum absolute atomic E-state index is 12.5. The molecule has 1 amide bonds. The number of carboxylic acid groups (broad SMARTS) is 1. The average molecular weight is 254 g/mol. The average Bonchev–Trinajstić information content (AvgIpc) is 2.87. The Kier molecular flexibility index (Phi) is 3.90. The van der Waals surface area contributed by atoms with Gasteiger partial charge in [-0.25, -0.2) is 0 Å². The largest absolute Gasteiger partial charge is 0.480 e. The normalized spacial score (nSPS) is 33.7. The van der Waals surface area contributed by atoms with E-state index in [1.54, 1.807) is 0 Å². The molecule has 2 bridgehead atoms. The molecule has 0 aromatic heterocycles. The fraction of sp³-hybridized carbons (Fsp3) is 0.846. The molecule has 0 aromatic carbocycles. The van der Waals surface area contributed by atoms with Crippen LogP contribution in [0.25, 0.3) is 0 Å². The SMILES string of the molecule is CCCN(CC(=O)O)C(=O)C1C2CCC(C2)C1N. The third kappa shape index (κ3) is 2.36. The van der Waals surface area contributed by atoms with Gasteiger partial charge in [0.2, 0.25) is 5.91 Å². The zero-order chi connectivity index (χ0) is 13.3. The van der Waals surface area contributed by atoms with Gasteiger partial charge in [-0.2, -0.15) is 0 Å². The summed E-state index contributed by atoms with van der Waals surface area (Å²) < 4.78 is 0. The Bertz CT molecular complexity index is 343. The molecular weight excluding hydrogens is 232 g/mol. The van der Waals surface area contributed by atoms with Crippen molar-refractivity contribution in [2.45, 2.75) is 38.6 Å². The lowest BCUT2D eigenvalue weighted by Gasteiger charge is -2.31. The maximum Gasteiger partial charge on any atom is 0.323 e. The quantitative estimate of drug-likeness (QED) is 0.756. The van der Waals surface area contributed by atoms with Crippen LogP contribution >= 0.6 is 0 Å². The molecular formula is C13H22N2O3. The first-order valence-corrected chi connectivity index (χ1v) is 6.80. The van der Waals surface area contributed by atoms with Gasteiger partial charge in [0, 0.05) is 12.6 Å². The van der Waals surface area contributed by atoms with Gasteiger partial charge in [0.25, 0.3) is 0 Å². The lowest BCUT2D eigenvalue weighted by atomic mass is 9.84. The number of aliphatic carboxylic acids is 1. The first-order valence-electron chi connectivity index (χ1n) is 6.80. The standard InChI is InChI=1S/C13H22N2O3/c1-2-5-15(7-10(16)17)13(18)11-8-3-4-9(6-8)12(11)14/h8-9,11-12H,2-7,14H2,1H3,(H,16,17). The third-order valence-corrected chi connectivity index (χ3v) is 4.40. The third-order valence-electron chi connectivity index (χ3n) is 4.40. The van der Waals surface area contributed by atoms with Crippen LogP contribution in [0, 0.1) is 17.8 Å². The van der Waals surface area contributed by atoms with E-state index in [-0.39, 0.29) is 24.4 Å². The second-order valence-electron chi connectivity index (χ2n) is 5.59. The molecule has 4 atom stereocenters. The highest BCUT2D eigenvalue weighted by Gasteiger charge is 2.50. The van der Waals surface area contributed by atoms with E-state index in [1.807, 2.05) is 6.92 Å². The molecule has 5 heteroatoms. The van der Waals surface area contributed by atoms with Crippen molar-refractivity contribution in [3.8, 4) is 0 Å². The minimum absolute atomic E-state index is 0.0426. The molecule has 0 radical (unpaired) electrons. The van der Waals surface area contributed by atoms with Crippen molar-refractivity contribution in [2.75, 3.05) is 13.1 Å². The van der Waals surface area contributed by atoms with Gasteiger partial charge < -0.3 is 15.7 Å². The van der Waals surface area contributed by atoms with Crippen molar-refractivity contribution >= 4 is 11.9 Å². The Morgan fingerprint density at radius 2 is 2.00 bits per heavy atom. The summed E-state index contributed by atoms with van der Waals surface area (Å²) in [6, 6.07) is -0.0654. The van der Waals surface area contributed by atoms with Gasteiger partial charge in [0.1, 0.15) is 6.54 Å². The second-order valence-corrected chi connectivity index (χ2v) is 5.59. The van der Waals surface area contributed by atoms with Crippen LogP contribution in [0.1, 0.15) is 32.6 Å². The Morgan fingerprint density at radius 1 is 1.33 bits per heavy atom. The molecule has 2 saturated carbocycles. The first-order chi connectivity index (χ1) is 8.54. The van der Waals surface area contributed by atoms with E-state index in [1.165, 1.54) is 4.90 Å². The highest BCUT2D eigenvalue weighted by molar-refractivity contribution is 5.84. The van der Waals surface area contributed by atoms with Crippen molar-refractivity contribution in [3.05, 3.63) is 0 Å². The molecule has 0 spiro atoms. The molecule has 18 heavy (non-hydrogen) atoms. The second kappa shape index (κ2) is 5.26. The van der Waals surface area contributed by atoms with Crippen molar-refractivity contribution in [1.29, 1.82) is 0 Å². The van der Waals surface area contributed by atoms with Crippen LogP contribution in [-0.4, -0.2) is 41.0 Å². The zero-order valence-corrected chi connectivity index (χ0v) is 10.8. The summed E-state index contributed by atoms with van der Waals surface area (Å²) in [5.74, 6) is -0.287. The number of fused-ring (bicyclic) bond motifs is 2. The van der Waals surface area contributed by atoms with Crippen LogP contribution in [0.3, 0.4) is 0 Å². The van der Waals surface area contributed by atoms with Crippen LogP contribution < -0.4 is 5.73 Å². The smallest absolute Gasteiger partial charge is 0.323 e. The van der Waals surface area contributed by atoms with E-state index in [2.05, 4.69) is 0 Å². The molecule has 0 aromatic rings. The zero-order valence-electron chi connectivity index (χ0n) is 10.8. The van der Waals surface area contributed by atoms with Crippen molar-refractivity contribution < 1.29 is 14.7 Å². The highest BCUT2D eigenvalue weighted by Crippen LogP contribution is 2.48. The molecule has 0 heterocycles. The van der Waals surface area contributed by atoms with Gasteiger partial charge >= 0.3 is 5.97 Å². The molecule has 0 saturated heterocycles. The number of rotatable bonds is 5. The molecule has 0 aliphatic heterocycles. The Morgan fingerprint density at radius 3 is 2.50 bits per heavy atom. The fourth-order valence-corrected chi connectivity index (χ4v) is 3.61. The van der Waals surface area contributed by atoms with Gasteiger partial charge in [0.05, 0.1) is 5.92 Å². The number of amides is 1. The number of carbonyl (C=O) groups is 2. The lowest BCUT2D eigenvalue weighted by molar-refractivity contribution is -0.147. The molecule has 5 nitrogen and oxygen atoms in total. The van der Waals surface area contributed by atoms with Gasteiger partial charge in [-0.1, -0.05) is 6.92 Å². The van der Waals surface area contributed by atoms with E-state index in [9.17, 15) is 9.59 Å². The van der Waals surface area contributed by atoms with Crippen LogP contribution in [0.15, 0.2) is 0 Å². The van der Waals surface area contributed by atoms with Crippen molar-refractivity contribution in [3.63, 3.8) is 0 Å². The van der Waals surface area contributed by atoms with Gasteiger partial charge in [-0.05, 0) is 37.5 Å². The Hall–Kier alpha value is -1.10. The Labute approximate surface area is 107 Å². The highest BCUT2D eigenvalue weighted by atomic mass is 16.4. The van der Waals surface area contributed by atoms with Crippen LogP contribution in [0.5, 0.6) is 0 Å². The van der Waals surface area contributed by atoms with Crippen molar-refractivity contribution in [2.24, 2.45) is 23.5 Å². The number of carboxylic acids is 1. The Balaban J connectivity index is 2.06. The molecule has 3 N–H and O–H groups in total. The van der Waals surface area contributed by atoms with Gasteiger partial charge in [-0.15, -0.1) is 0 Å². The first kappa shape index (κ1) is 13.3. The molecule has 102 valence electrons. The summed E-state index contributed by atoms with van der Waals surface area (Å²) in [5.41, 5.74) is 6.13. The predicted molar refractivity (Wildman–Crippen MR) is 66.8 cm³/mol. The van der Waals surface area contributed by atoms with E-state index >= 15 is 0 Å². The number of nitrogens with two attached hydrogens (primary N) is 1. The van der Waals surface area contributed by atoms with Gasteiger partial charge in [0.15, 0.2) is 0 Å². The molecule has 2 aliphatic carbocycles. The number of hydrogen-bond donors (Lipinski definition) is 2. The fourth-order valence-electron chi connectivity index (χ4n) is 3.61. The van der Waals surface area contributed by atoms with Gasteiger partial charge in [-0.3, -0.25) is 9.59 Å². The van der Waals surface area contributed by atoms with Crippen LogP contribution in [0.4, 0.5) is 0 Å². The van der Waals surface area contributed by atoms with Crippen LogP contribution in [0.2, 0.25) is 0 Å². The van der Waals surface area contributed by atoms with E-state index < -0.39 is 5.97 Å². The summed E-state index contributed by atoms with van der Waals surface area (Å²) in [4.78, 5) is 24.7. The summed E-state index contributed by atoms with van der Waals surface area (Å²) >= 11 is 0. The summed E-state index contributed by atoms with van der Waals surface area (Å²) in [6.45, 7) is 2.25. The maximum atomic E-state index is 12.5. The lowest BCUT2D eigenvalue weighted by Crippen LogP contribution is -2.48.